The van der Waals surface area contributed by atoms with E-state index >= 15 is 0 Å². The maximum atomic E-state index is 12.9. The minimum Gasteiger partial charge on any atom is -0.395 e. The fourth-order valence-corrected chi connectivity index (χ4v) is 2.92. The van der Waals surface area contributed by atoms with E-state index < -0.39 is 0 Å². The maximum absolute atomic E-state index is 12.9. The lowest BCUT2D eigenvalue weighted by Crippen LogP contribution is -2.24. The Morgan fingerprint density at radius 2 is 1.00 bits per heavy atom. The van der Waals surface area contributed by atoms with E-state index in [9.17, 15) is 9.59 Å². The van der Waals surface area contributed by atoms with Crippen LogP contribution < -0.4 is 10.6 Å². The number of hydrogen-bond donors (Lipinski definition) is 4. The summed E-state index contributed by atoms with van der Waals surface area (Å²) in [6.45, 7) is 0.445. The molecule has 0 saturated carbocycles. The van der Waals surface area contributed by atoms with E-state index in [1.807, 2.05) is 0 Å². The normalized spacial score (nSPS) is 10.8. The lowest BCUT2D eigenvalue weighted by atomic mass is 9.82. The Morgan fingerprint density at radius 3 is 1.32 bits per heavy atom. The van der Waals surface area contributed by atoms with Crippen LogP contribution in [0, 0.1) is 0 Å². The highest BCUT2D eigenvalue weighted by Gasteiger charge is 2.33. The van der Waals surface area contributed by atoms with Gasteiger partial charge in [-0.2, -0.15) is 0 Å². The molecule has 0 atom stereocenters. The minimum absolute atomic E-state index is 0. The zero-order valence-electron chi connectivity index (χ0n) is 13.0. The van der Waals surface area contributed by atoms with Crippen molar-refractivity contribution in [1.29, 1.82) is 0 Å². The Morgan fingerprint density at radius 1 is 0.643 bits per heavy atom. The van der Waals surface area contributed by atoms with Crippen molar-refractivity contribution in [2.75, 3.05) is 36.9 Å². The molecule has 0 aromatic heterocycles. The lowest BCUT2D eigenvalue weighted by molar-refractivity contribution is 0.0980. The van der Waals surface area contributed by atoms with Crippen LogP contribution in [0.4, 0.5) is 11.4 Å². The molecule has 0 heterocycles. The standard InChI is InChI=1S/C18H18N2O4.4CH4/c21-9-7-19-13-5-1-3-11-15(13)18(24)12-4-2-6-14(20-8-10-22)16(12)17(11)23;;;;/h1-6,19-22H,7-10H2;4*1H4. The number of anilines is 2. The van der Waals surface area contributed by atoms with Crippen LogP contribution in [0.1, 0.15) is 61.5 Å². The largest absolute Gasteiger partial charge is 0.395 e. The molecule has 0 fully saturated rings. The zero-order valence-corrected chi connectivity index (χ0v) is 13.0. The Hall–Kier alpha value is -2.70. The predicted molar refractivity (Wildman–Crippen MR) is 118 cm³/mol. The van der Waals surface area contributed by atoms with E-state index in [-0.39, 0.29) is 54.5 Å². The maximum Gasteiger partial charge on any atom is 0.196 e. The third-order valence-corrected chi connectivity index (χ3v) is 3.93. The number of carbonyl (C=O) groups is 2. The van der Waals surface area contributed by atoms with Crippen molar-refractivity contribution in [3.8, 4) is 0 Å². The third-order valence-electron chi connectivity index (χ3n) is 3.93. The first-order valence-corrected chi connectivity index (χ1v) is 7.74. The summed E-state index contributed by atoms with van der Waals surface area (Å²) in [5.41, 5.74) is 2.44. The van der Waals surface area contributed by atoms with E-state index in [2.05, 4.69) is 10.6 Å². The van der Waals surface area contributed by atoms with Crippen LogP contribution in [0.15, 0.2) is 36.4 Å². The molecular formula is C22H34N2O4. The molecule has 3 rings (SSSR count). The van der Waals surface area contributed by atoms with Gasteiger partial charge < -0.3 is 20.8 Å². The first kappa shape index (κ1) is 27.5. The smallest absolute Gasteiger partial charge is 0.196 e. The molecule has 0 radical (unpaired) electrons. The van der Waals surface area contributed by atoms with E-state index in [4.69, 9.17) is 10.2 Å². The predicted octanol–water partition coefficient (Wildman–Crippen LogP) is 3.81. The summed E-state index contributed by atoms with van der Waals surface area (Å²) in [6, 6.07) is 10.1. The fraction of sp³-hybridized carbons (Fsp3) is 0.364. The highest BCUT2D eigenvalue weighted by molar-refractivity contribution is 6.31. The van der Waals surface area contributed by atoms with E-state index in [0.717, 1.165) is 0 Å². The molecule has 2 aromatic rings. The number of fused-ring (bicyclic) bond motifs is 2. The van der Waals surface area contributed by atoms with Crippen molar-refractivity contribution in [2.24, 2.45) is 0 Å². The second-order valence-corrected chi connectivity index (χ2v) is 5.42. The molecule has 28 heavy (non-hydrogen) atoms. The van der Waals surface area contributed by atoms with Crippen LogP contribution in [0.3, 0.4) is 0 Å². The van der Waals surface area contributed by atoms with E-state index in [1.54, 1.807) is 36.4 Å². The van der Waals surface area contributed by atoms with Crippen molar-refractivity contribution in [3.05, 3.63) is 58.7 Å². The molecule has 0 aliphatic heterocycles. The topological polar surface area (TPSA) is 98.7 Å². The summed E-state index contributed by atoms with van der Waals surface area (Å²) in [5.74, 6) is -0.457. The van der Waals surface area contributed by atoms with Crippen LogP contribution >= 0.6 is 0 Å². The zero-order chi connectivity index (χ0) is 17.1. The van der Waals surface area contributed by atoms with Crippen LogP contribution in [-0.4, -0.2) is 48.1 Å². The molecule has 0 spiro atoms. The fourth-order valence-electron chi connectivity index (χ4n) is 2.92. The number of carbonyl (C=O) groups excluding carboxylic acids is 2. The van der Waals surface area contributed by atoms with Gasteiger partial charge in [0.2, 0.25) is 0 Å². The molecule has 1 aliphatic rings. The summed E-state index contributed by atoms with van der Waals surface area (Å²) >= 11 is 0. The van der Waals surface area contributed by atoms with Gasteiger partial charge in [-0.1, -0.05) is 54.0 Å². The highest BCUT2D eigenvalue weighted by Crippen LogP contribution is 2.35. The number of nitrogens with one attached hydrogen (secondary N) is 2. The van der Waals surface area contributed by atoms with Gasteiger partial charge in [-0.3, -0.25) is 9.59 Å². The quantitative estimate of drug-likeness (QED) is 0.511. The van der Waals surface area contributed by atoms with Gasteiger partial charge in [-0.25, -0.2) is 0 Å². The van der Waals surface area contributed by atoms with Crippen molar-refractivity contribution < 1.29 is 19.8 Å². The second kappa shape index (κ2) is 11.9. The molecule has 2 aromatic carbocycles. The van der Waals surface area contributed by atoms with Gasteiger partial charge in [0.25, 0.3) is 0 Å². The van der Waals surface area contributed by atoms with Crippen molar-refractivity contribution in [2.45, 2.75) is 29.7 Å². The Labute approximate surface area is 168 Å². The van der Waals surface area contributed by atoms with Gasteiger partial charge in [0, 0.05) is 35.6 Å². The van der Waals surface area contributed by atoms with E-state index in [1.165, 1.54) is 0 Å². The molecular weight excluding hydrogens is 356 g/mol. The van der Waals surface area contributed by atoms with Gasteiger partial charge in [0.1, 0.15) is 0 Å². The molecule has 156 valence electrons. The number of benzene rings is 2. The van der Waals surface area contributed by atoms with Gasteiger partial charge in [-0.15, -0.1) is 0 Å². The van der Waals surface area contributed by atoms with Gasteiger partial charge in [0.15, 0.2) is 11.6 Å². The molecule has 1 aliphatic carbocycles. The van der Waals surface area contributed by atoms with Gasteiger partial charge in [-0.05, 0) is 12.1 Å². The molecule has 0 unspecified atom stereocenters. The summed E-state index contributed by atoms with van der Waals surface area (Å²) in [4.78, 5) is 25.9. The first-order chi connectivity index (χ1) is 11.7. The van der Waals surface area contributed by atoms with Crippen molar-refractivity contribution >= 4 is 22.9 Å². The SMILES string of the molecule is C.C.C.C.O=C1c2cccc(NCCO)c2C(=O)c2cccc(NCCO)c21. The molecule has 6 heteroatoms. The summed E-state index contributed by atoms with van der Waals surface area (Å²) in [6.07, 6.45) is 0. The van der Waals surface area contributed by atoms with Crippen molar-refractivity contribution in [1.82, 2.24) is 0 Å². The van der Waals surface area contributed by atoms with Gasteiger partial charge in [0.05, 0.1) is 24.3 Å². The molecule has 0 bridgehead atoms. The third kappa shape index (κ3) is 4.77. The van der Waals surface area contributed by atoms with Crippen LogP contribution in [0.2, 0.25) is 0 Å². The average molecular weight is 391 g/mol. The Bertz CT molecular complexity index is 736. The number of aliphatic hydroxyl groups is 2. The van der Waals surface area contributed by atoms with Crippen LogP contribution in [0.25, 0.3) is 0 Å². The number of ketones is 2. The Balaban J connectivity index is 0. The Kier molecular flexibility index (Phi) is 11.7. The summed E-state index contributed by atoms with van der Waals surface area (Å²) in [5, 5.41) is 23.9. The number of hydrogen-bond acceptors (Lipinski definition) is 6. The molecule has 0 saturated heterocycles. The van der Waals surface area contributed by atoms with Crippen molar-refractivity contribution in [3.63, 3.8) is 0 Å². The number of rotatable bonds is 6. The summed E-state index contributed by atoms with van der Waals surface area (Å²) < 4.78 is 0. The average Bonchev–Trinajstić information content (AvgIpc) is 2.62. The molecule has 6 nitrogen and oxygen atoms in total. The first-order valence-electron chi connectivity index (χ1n) is 7.74. The minimum atomic E-state index is -0.228. The van der Waals surface area contributed by atoms with Crippen LogP contribution in [0.5, 0.6) is 0 Å². The number of aliphatic hydroxyl groups excluding tert-OH is 2. The summed E-state index contributed by atoms with van der Waals surface area (Å²) in [7, 11) is 0. The van der Waals surface area contributed by atoms with Crippen LogP contribution in [-0.2, 0) is 0 Å². The van der Waals surface area contributed by atoms with E-state index in [0.29, 0.717) is 46.7 Å². The highest BCUT2D eigenvalue weighted by atomic mass is 16.3. The second-order valence-electron chi connectivity index (χ2n) is 5.42. The monoisotopic (exact) mass is 390 g/mol. The van der Waals surface area contributed by atoms with Gasteiger partial charge >= 0.3 is 0 Å². The lowest BCUT2D eigenvalue weighted by Gasteiger charge is -2.23. The molecule has 4 N–H and O–H groups in total. The molecule has 0 amide bonds.